The van der Waals surface area contributed by atoms with E-state index in [1.54, 1.807) is 7.11 Å². The maximum atomic E-state index is 5.51. The maximum absolute atomic E-state index is 5.51. The molecule has 0 spiro atoms. The summed E-state index contributed by atoms with van der Waals surface area (Å²) in [5.74, 6) is 2.06. The summed E-state index contributed by atoms with van der Waals surface area (Å²) in [6, 6.07) is 10.5. The SMILES string of the molecule is CCOc1cc(C[C@H]2CCN(C(C)c3cccc(OC)n3)C2)ccn1. The number of likely N-dealkylation sites (tertiary alicyclic amines) is 1. The zero-order valence-corrected chi connectivity index (χ0v) is 15.3. The van der Waals surface area contributed by atoms with E-state index in [0.29, 0.717) is 24.4 Å². The minimum Gasteiger partial charge on any atom is -0.481 e. The molecule has 1 aliphatic heterocycles. The normalized spacial score (nSPS) is 18.9. The second kappa shape index (κ2) is 8.30. The van der Waals surface area contributed by atoms with E-state index >= 15 is 0 Å². The van der Waals surface area contributed by atoms with Gasteiger partial charge in [0.05, 0.1) is 19.4 Å². The minimum atomic E-state index is 0.302. The van der Waals surface area contributed by atoms with Gasteiger partial charge in [-0.1, -0.05) is 6.07 Å². The van der Waals surface area contributed by atoms with Crippen molar-refractivity contribution in [2.24, 2.45) is 5.92 Å². The Balaban J connectivity index is 1.60. The van der Waals surface area contributed by atoms with Gasteiger partial charge in [-0.2, -0.15) is 0 Å². The van der Waals surface area contributed by atoms with E-state index in [1.165, 1.54) is 12.0 Å². The lowest BCUT2D eigenvalue weighted by atomic mass is 9.99. The number of rotatable bonds is 7. The predicted octanol–water partition coefficient (Wildman–Crippen LogP) is 3.51. The Hall–Kier alpha value is -2.14. The van der Waals surface area contributed by atoms with Crippen LogP contribution in [-0.4, -0.2) is 41.7 Å². The Morgan fingerprint density at radius 3 is 2.96 bits per heavy atom. The first-order valence-corrected chi connectivity index (χ1v) is 9.02. The van der Waals surface area contributed by atoms with E-state index < -0.39 is 0 Å². The first-order valence-electron chi connectivity index (χ1n) is 9.02. The molecular formula is C20H27N3O2. The number of hydrogen-bond acceptors (Lipinski definition) is 5. The second-order valence-electron chi connectivity index (χ2n) is 6.57. The van der Waals surface area contributed by atoms with Gasteiger partial charge in [0, 0.05) is 30.9 Å². The fraction of sp³-hybridized carbons (Fsp3) is 0.500. The van der Waals surface area contributed by atoms with E-state index in [2.05, 4.69) is 40.0 Å². The van der Waals surface area contributed by atoms with Gasteiger partial charge in [-0.15, -0.1) is 0 Å². The van der Waals surface area contributed by atoms with Crippen LogP contribution >= 0.6 is 0 Å². The molecule has 0 aliphatic carbocycles. The van der Waals surface area contributed by atoms with Crippen molar-refractivity contribution in [3.05, 3.63) is 47.8 Å². The average Bonchev–Trinajstić information content (AvgIpc) is 3.10. The average molecular weight is 341 g/mol. The second-order valence-corrected chi connectivity index (χ2v) is 6.57. The monoisotopic (exact) mass is 341 g/mol. The van der Waals surface area contributed by atoms with Gasteiger partial charge in [0.15, 0.2) is 0 Å². The van der Waals surface area contributed by atoms with Crippen molar-refractivity contribution in [2.45, 2.75) is 32.7 Å². The summed E-state index contributed by atoms with van der Waals surface area (Å²) in [6.07, 6.45) is 4.12. The van der Waals surface area contributed by atoms with Gasteiger partial charge >= 0.3 is 0 Å². The summed E-state index contributed by atoms with van der Waals surface area (Å²) in [7, 11) is 1.66. The lowest BCUT2D eigenvalue weighted by Crippen LogP contribution is -2.25. The molecule has 3 heterocycles. The maximum Gasteiger partial charge on any atom is 0.213 e. The highest BCUT2D eigenvalue weighted by Gasteiger charge is 2.27. The molecule has 134 valence electrons. The van der Waals surface area contributed by atoms with E-state index in [-0.39, 0.29) is 0 Å². The standard InChI is InChI=1S/C20H27N3O2/c1-4-25-20-13-16(8-10-21-20)12-17-9-11-23(14-17)15(2)18-6-5-7-19(22-18)24-3/h5-8,10,13,15,17H,4,9,11-12,14H2,1-3H3/t15?,17-/m1/s1. The quantitative estimate of drug-likeness (QED) is 0.771. The number of aromatic nitrogens is 2. The largest absolute Gasteiger partial charge is 0.481 e. The van der Waals surface area contributed by atoms with Crippen molar-refractivity contribution in [3.63, 3.8) is 0 Å². The fourth-order valence-corrected chi connectivity index (χ4v) is 3.48. The third-order valence-electron chi connectivity index (χ3n) is 4.86. The molecule has 5 nitrogen and oxygen atoms in total. The Morgan fingerprint density at radius 1 is 1.28 bits per heavy atom. The van der Waals surface area contributed by atoms with Crippen LogP contribution in [0.15, 0.2) is 36.5 Å². The molecule has 0 aromatic carbocycles. The predicted molar refractivity (Wildman–Crippen MR) is 98.0 cm³/mol. The van der Waals surface area contributed by atoms with Crippen molar-refractivity contribution >= 4 is 0 Å². The van der Waals surface area contributed by atoms with Crippen LogP contribution < -0.4 is 9.47 Å². The molecule has 0 N–H and O–H groups in total. The van der Waals surface area contributed by atoms with Crippen LogP contribution in [0.3, 0.4) is 0 Å². The molecule has 2 aromatic rings. The van der Waals surface area contributed by atoms with Crippen LogP contribution in [-0.2, 0) is 6.42 Å². The first kappa shape index (κ1) is 17.7. The topological polar surface area (TPSA) is 47.5 Å². The smallest absolute Gasteiger partial charge is 0.213 e. The molecule has 3 rings (SSSR count). The molecule has 0 radical (unpaired) electrons. The van der Waals surface area contributed by atoms with Crippen molar-refractivity contribution in [1.82, 2.24) is 14.9 Å². The lowest BCUT2D eigenvalue weighted by molar-refractivity contribution is 0.246. The van der Waals surface area contributed by atoms with Crippen LogP contribution in [0.2, 0.25) is 0 Å². The fourth-order valence-electron chi connectivity index (χ4n) is 3.48. The van der Waals surface area contributed by atoms with Gasteiger partial charge in [-0.25, -0.2) is 9.97 Å². The van der Waals surface area contributed by atoms with Gasteiger partial charge in [0.2, 0.25) is 11.8 Å². The molecule has 0 bridgehead atoms. The summed E-state index contributed by atoms with van der Waals surface area (Å²) in [6.45, 7) is 7.06. The van der Waals surface area contributed by atoms with E-state index in [0.717, 1.165) is 31.1 Å². The Kier molecular flexibility index (Phi) is 5.87. The number of hydrogen-bond donors (Lipinski definition) is 0. The van der Waals surface area contributed by atoms with Crippen LogP contribution in [0.25, 0.3) is 0 Å². The molecule has 0 saturated carbocycles. The molecule has 2 atom stereocenters. The van der Waals surface area contributed by atoms with Crippen molar-refractivity contribution < 1.29 is 9.47 Å². The molecule has 5 heteroatoms. The molecule has 1 unspecified atom stereocenters. The number of ether oxygens (including phenoxy) is 2. The minimum absolute atomic E-state index is 0.302. The van der Waals surface area contributed by atoms with Crippen molar-refractivity contribution in [1.29, 1.82) is 0 Å². The summed E-state index contributed by atoms with van der Waals surface area (Å²) < 4.78 is 10.8. The molecule has 1 fully saturated rings. The van der Waals surface area contributed by atoms with Gasteiger partial charge in [0.25, 0.3) is 0 Å². The highest BCUT2D eigenvalue weighted by atomic mass is 16.5. The molecule has 0 amide bonds. The van der Waals surface area contributed by atoms with Gasteiger partial charge in [0.1, 0.15) is 0 Å². The zero-order chi connectivity index (χ0) is 17.6. The number of nitrogens with zero attached hydrogens (tertiary/aromatic N) is 3. The molecule has 25 heavy (non-hydrogen) atoms. The number of methoxy groups -OCH3 is 1. The van der Waals surface area contributed by atoms with Gasteiger partial charge < -0.3 is 9.47 Å². The van der Waals surface area contributed by atoms with Crippen LogP contribution in [0.1, 0.15) is 37.6 Å². The Labute approximate surface area is 150 Å². The van der Waals surface area contributed by atoms with E-state index in [1.807, 2.05) is 25.3 Å². The molecule has 1 saturated heterocycles. The first-order chi connectivity index (χ1) is 12.2. The third-order valence-corrected chi connectivity index (χ3v) is 4.86. The molecule has 2 aromatic heterocycles. The third kappa shape index (κ3) is 4.48. The van der Waals surface area contributed by atoms with E-state index in [4.69, 9.17) is 9.47 Å². The highest BCUT2D eigenvalue weighted by molar-refractivity contribution is 5.22. The lowest BCUT2D eigenvalue weighted by Gasteiger charge is -2.24. The molecular weight excluding hydrogens is 314 g/mol. The summed E-state index contributed by atoms with van der Waals surface area (Å²) in [5, 5.41) is 0. The Bertz CT molecular complexity index is 692. The van der Waals surface area contributed by atoms with Crippen LogP contribution in [0, 0.1) is 5.92 Å². The van der Waals surface area contributed by atoms with Crippen molar-refractivity contribution in [2.75, 3.05) is 26.8 Å². The van der Waals surface area contributed by atoms with Gasteiger partial charge in [-0.05, 0) is 56.8 Å². The summed E-state index contributed by atoms with van der Waals surface area (Å²) in [4.78, 5) is 11.3. The van der Waals surface area contributed by atoms with Crippen molar-refractivity contribution in [3.8, 4) is 11.8 Å². The summed E-state index contributed by atoms with van der Waals surface area (Å²) in [5.41, 5.74) is 2.38. The van der Waals surface area contributed by atoms with Crippen LogP contribution in [0.4, 0.5) is 0 Å². The Morgan fingerprint density at radius 2 is 2.16 bits per heavy atom. The highest BCUT2D eigenvalue weighted by Crippen LogP contribution is 2.29. The number of pyridine rings is 2. The summed E-state index contributed by atoms with van der Waals surface area (Å²) >= 11 is 0. The molecule has 1 aliphatic rings. The van der Waals surface area contributed by atoms with E-state index in [9.17, 15) is 0 Å². The van der Waals surface area contributed by atoms with Gasteiger partial charge in [-0.3, -0.25) is 4.90 Å². The van der Waals surface area contributed by atoms with Crippen LogP contribution in [0.5, 0.6) is 11.8 Å². The zero-order valence-electron chi connectivity index (χ0n) is 15.3.